The summed E-state index contributed by atoms with van der Waals surface area (Å²) in [5.41, 5.74) is 11.9. The van der Waals surface area contributed by atoms with Gasteiger partial charge in [0.25, 0.3) is 0 Å². The molecule has 1 aliphatic carbocycles. The molecule has 0 aliphatic heterocycles. The number of nitrogens with two attached hydrogens (primary N) is 1. The van der Waals surface area contributed by atoms with Crippen LogP contribution in [0, 0.1) is 20.8 Å². The first-order chi connectivity index (χ1) is 7.91. The molecule has 1 aliphatic rings. The zero-order chi connectivity index (χ0) is 12.6. The first-order valence-corrected chi connectivity index (χ1v) is 6.44. The van der Waals surface area contributed by atoms with E-state index in [1.54, 1.807) is 0 Å². The lowest BCUT2D eigenvalue weighted by molar-refractivity contribution is 0.295. The van der Waals surface area contributed by atoms with Crippen molar-refractivity contribution in [3.63, 3.8) is 0 Å². The highest BCUT2D eigenvalue weighted by atomic mass is 15.1. The number of benzene rings is 1. The maximum absolute atomic E-state index is 6.15. The van der Waals surface area contributed by atoms with Crippen LogP contribution in [0.25, 0.3) is 0 Å². The molecule has 94 valence electrons. The summed E-state index contributed by atoms with van der Waals surface area (Å²) >= 11 is 0. The SMILES string of the molecule is Cc1ccc(CN(C)CC2(N)CC2)c(C)c1C. The number of nitrogens with zero attached hydrogens (tertiary/aromatic N) is 1. The van der Waals surface area contributed by atoms with Crippen molar-refractivity contribution in [2.24, 2.45) is 5.73 Å². The summed E-state index contributed by atoms with van der Waals surface area (Å²) < 4.78 is 0. The van der Waals surface area contributed by atoms with E-state index in [0.29, 0.717) is 0 Å². The molecule has 2 nitrogen and oxygen atoms in total. The molecule has 1 aromatic carbocycles. The largest absolute Gasteiger partial charge is 0.324 e. The molecule has 0 unspecified atom stereocenters. The van der Waals surface area contributed by atoms with Crippen molar-refractivity contribution in [3.8, 4) is 0 Å². The normalized spacial score (nSPS) is 17.5. The zero-order valence-corrected chi connectivity index (χ0v) is 11.5. The molecular formula is C15H24N2. The van der Waals surface area contributed by atoms with Crippen molar-refractivity contribution >= 4 is 0 Å². The molecular weight excluding hydrogens is 208 g/mol. The first kappa shape index (κ1) is 12.6. The van der Waals surface area contributed by atoms with E-state index in [0.717, 1.165) is 13.1 Å². The van der Waals surface area contributed by atoms with Gasteiger partial charge in [0.05, 0.1) is 0 Å². The van der Waals surface area contributed by atoms with Crippen LogP contribution >= 0.6 is 0 Å². The Morgan fingerprint density at radius 1 is 1.18 bits per heavy atom. The first-order valence-electron chi connectivity index (χ1n) is 6.44. The number of rotatable bonds is 4. The number of hydrogen-bond donors (Lipinski definition) is 1. The van der Waals surface area contributed by atoms with Gasteiger partial charge in [0.2, 0.25) is 0 Å². The average Bonchev–Trinajstić information content (AvgIpc) is 2.97. The summed E-state index contributed by atoms with van der Waals surface area (Å²) in [6.45, 7) is 8.63. The van der Waals surface area contributed by atoms with Gasteiger partial charge in [-0.1, -0.05) is 12.1 Å². The van der Waals surface area contributed by atoms with Gasteiger partial charge >= 0.3 is 0 Å². The van der Waals surface area contributed by atoms with Crippen LogP contribution < -0.4 is 5.73 Å². The molecule has 17 heavy (non-hydrogen) atoms. The van der Waals surface area contributed by atoms with Gasteiger partial charge in [0.15, 0.2) is 0 Å². The van der Waals surface area contributed by atoms with Gasteiger partial charge in [-0.15, -0.1) is 0 Å². The highest BCUT2D eigenvalue weighted by molar-refractivity contribution is 5.38. The van der Waals surface area contributed by atoms with E-state index in [2.05, 4.69) is 44.9 Å². The van der Waals surface area contributed by atoms with E-state index in [1.165, 1.54) is 35.1 Å². The topological polar surface area (TPSA) is 29.3 Å². The lowest BCUT2D eigenvalue weighted by atomic mass is 9.98. The molecule has 0 spiro atoms. The summed E-state index contributed by atoms with van der Waals surface area (Å²) in [6, 6.07) is 4.48. The van der Waals surface area contributed by atoms with Gasteiger partial charge in [-0.05, 0) is 62.9 Å². The number of hydrogen-bond acceptors (Lipinski definition) is 2. The Bertz CT molecular complexity index is 419. The van der Waals surface area contributed by atoms with Crippen molar-refractivity contribution < 1.29 is 0 Å². The fourth-order valence-corrected chi connectivity index (χ4v) is 2.39. The summed E-state index contributed by atoms with van der Waals surface area (Å²) in [5.74, 6) is 0. The second-order valence-corrected chi connectivity index (χ2v) is 5.83. The van der Waals surface area contributed by atoms with E-state index in [-0.39, 0.29) is 5.54 Å². The molecule has 1 saturated carbocycles. The third-order valence-electron chi connectivity index (χ3n) is 4.09. The molecule has 0 saturated heterocycles. The molecule has 1 aromatic rings. The fraction of sp³-hybridized carbons (Fsp3) is 0.600. The van der Waals surface area contributed by atoms with E-state index in [4.69, 9.17) is 5.73 Å². The van der Waals surface area contributed by atoms with Gasteiger partial charge in [-0.3, -0.25) is 0 Å². The summed E-state index contributed by atoms with van der Waals surface area (Å²) in [6.07, 6.45) is 2.37. The van der Waals surface area contributed by atoms with Crippen molar-refractivity contribution in [2.45, 2.75) is 45.7 Å². The van der Waals surface area contributed by atoms with Crippen LogP contribution in [-0.4, -0.2) is 24.0 Å². The Morgan fingerprint density at radius 2 is 1.82 bits per heavy atom. The fourth-order valence-electron chi connectivity index (χ4n) is 2.39. The zero-order valence-electron chi connectivity index (χ0n) is 11.5. The van der Waals surface area contributed by atoms with Gasteiger partial charge in [0.1, 0.15) is 0 Å². The predicted octanol–water partition coefficient (Wildman–Crippen LogP) is 2.53. The highest BCUT2D eigenvalue weighted by Gasteiger charge is 2.38. The monoisotopic (exact) mass is 232 g/mol. The molecule has 2 rings (SSSR count). The smallest absolute Gasteiger partial charge is 0.0284 e. The molecule has 0 aromatic heterocycles. The second kappa shape index (κ2) is 4.43. The Kier molecular flexibility index (Phi) is 3.28. The minimum atomic E-state index is 0.113. The van der Waals surface area contributed by atoms with E-state index >= 15 is 0 Å². The summed E-state index contributed by atoms with van der Waals surface area (Å²) in [5, 5.41) is 0. The minimum absolute atomic E-state index is 0.113. The van der Waals surface area contributed by atoms with Crippen LogP contribution in [0.2, 0.25) is 0 Å². The van der Waals surface area contributed by atoms with Crippen LogP contribution in [0.3, 0.4) is 0 Å². The number of likely N-dealkylation sites (N-methyl/N-ethyl adjacent to an activating group) is 1. The molecule has 0 radical (unpaired) electrons. The maximum atomic E-state index is 6.15. The van der Waals surface area contributed by atoms with Gasteiger partial charge < -0.3 is 10.6 Å². The quantitative estimate of drug-likeness (QED) is 0.864. The molecule has 0 atom stereocenters. The summed E-state index contributed by atoms with van der Waals surface area (Å²) in [7, 11) is 2.17. The van der Waals surface area contributed by atoms with Crippen molar-refractivity contribution in [3.05, 3.63) is 34.4 Å². The van der Waals surface area contributed by atoms with Gasteiger partial charge in [-0.25, -0.2) is 0 Å². The van der Waals surface area contributed by atoms with Crippen molar-refractivity contribution in [2.75, 3.05) is 13.6 Å². The predicted molar refractivity (Wildman–Crippen MR) is 73.1 cm³/mol. The van der Waals surface area contributed by atoms with Crippen LogP contribution in [0.4, 0.5) is 0 Å². The van der Waals surface area contributed by atoms with E-state index in [9.17, 15) is 0 Å². The van der Waals surface area contributed by atoms with Crippen LogP contribution in [0.5, 0.6) is 0 Å². The highest BCUT2D eigenvalue weighted by Crippen LogP contribution is 2.33. The molecule has 1 fully saturated rings. The Balaban J connectivity index is 2.05. The summed E-state index contributed by atoms with van der Waals surface area (Å²) in [4.78, 5) is 2.35. The van der Waals surface area contributed by atoms with Gasteiger partial charge in [-0.2, -0.15) is 0 Å². The van der Waals surface area contributed by atoms with Crippen molar-refractivity contribution in [1.82, 2.24) is 4.90 Å². The Morgan fingerprint density at radius 3 is 2.41 bits per heavy atom. The van der Waals surface area contributed by atoms with E-state index in [1.807, 2.05) is 0 Å². The molecule has 0 bridgehead atoms. The second-order valence-electron chi connectivity index (χ2n) is 5.83. The lowest BCUT2D eigenvalue weighted by Gasteiger charge is -2.22. The van der Waals surface area contributed by atoms with Gasteiger partial charge in [0, 0.05) is 18.6 Å². The Labute approximate surface area is 105 Å². The molecule has 0 amide bonds. The van der Waals surface area contributed by atoms with Crippen LogP contribution in [-0.2, 0) is 6.54 Å². The van der Waals surface area contributed by atoms with Crippen molar-refractivity contribution in [1.29, 1.82) is 0 Å². The number of aryl methyl sites for hydroxylation is 1. The van der Waals surface area contributed by atoms with Crippen LogP contribution in [0.1, 0.15) is 35.1 Å². The van der Waals surface area contributed by atoms with E-state index < -0.39 is 0 Å². The molecule has 2 heteroatoms. The minimum Gasteiger partial charge on any atom is -0.324 e. The van der Waals surface area contributed by atoms with Crippen LogP contribution in [0.15, 0.2) is 12.1 Å². The maximum Gasteiger partial charge on any atom is 0.0284 e. The molecule has 2 N–H and O–H groups in total. The third kappa shape index (κ3) is 2.88. The lowest BCUT2D eigenvalue weighted by Crippen LogP contribution is -2.36. The third-order valence-corrected chi connectivity index (χ3v) is 4.09. The molecule has 0 heterocycles. The Hall–Kier alpha value is -0.860. The average molecular weight is 232 g/mol. The standard InChI is InChI=1S/C15H24N2/c1-11-5-6-14(13(3)12(11)2)9-17(4)10-15(16)7-8-15/h5-6H,7-10,16H2,1-4H3.